The van der Waals surface area contributed by atoms with E-state index in [1.807, 2.05) is 22.2 Å². The summed E-state index contributed by atoms with van der Waals surface area (Å²) in [5.74, 6) is 0. The Morgan fingerprint density at radius 3 is 3.06 bits per heavy atom. The molecule has 2 aromatic heterocycles. The van der Waals surface area contributed by atoms with E-state index in [4.69, 9.17) is 0 Å². The normalized spacial score (nSPS) is 13.3. The van der Waals surface area contributed by atoms with Gasteiger partial charge in [0.25, 0.3) is 0 Å². The number of unbranched alkanes of at least 4 members (excludes halogenated alkanes) is 3. The molecule has 2 rings (SSSR count). The molecule has 0 aromatic carbocycles. The Bertz CT molecular complexity index is 420. The van der Waals surface area contributed by atoms with Crippen molar-refractivity contribution in [2.45, 2.75) is 51.6 Å². The fourth-order valence-electron chi connectivity index (χ4n) is 2.02. The Kier molecular flexibility index (Phi) is 4.57. The molecule has 0 spiro atoms. The van der Waals surface area contributed by atoms with E-state index in [2.05, 4.69) is 11.9 Å². The van der Waals surface area contributed by atoms with Crippen LogP contribution in [-0.4, -0.2) is 20.6 Å². The molecule has 0 saturated carbocycles. The molecule has 1 unspecified atom stereocenters. The maximum absolute atomic E-state index is 9.92. The van der Waals surface area contributed by atoms with Crippen molar-refractivity contribution in [3.63, 3.8) is 0 Å². The van der Waals surface area contributed by atoms with Crippen LogP contribution in [0.25, 0.3) is 4.96 Å². The van der Waals surface area contributed by atoms with Gasteiger partial charge in [-0.15, -0.1) is 11.3 Å². The van der Waals surface area contributed by atoms with Crippen molar-refractivity contribution < 1.29 is 5.11 Å². The molecule has 94 valence electrons. The molecule has 0 amide bonds. The molecule has 1 N–H and O–H groups in total. The van der Waals surface area contributed by atoms with Crippen LogP contribution in [0.4, 0.5) is 0 Å². The van der Waals surface area contributed by atoms with Gasteiger partial charge in [0.05, 0.1) is 11.8 Å². The highest BCUT2D eigenvalue weighted by atomic mass is 32.1. The van der Waals surface area contributed by atoms with Gasteiger partial charge in [-0.05, 0) is 6.42 Å². The van der Waals surface area contributed by atoms with Gasteiger partial charge in [-0.3, -0.25) is 4.40 Å². The molecule has 0 radical (unpaired) electrons. The number of fused-ring (bicyclic) bond motifs is 1. The van der Waals surface area contributed by atoms with Gasteiger partial charge < -0.3 is 5.11 Å². The first-order valence-electron chi connectivity index (χ1n) is 6.38. The lowest BCUT2D eigenvalue weighted by atomic mass is 10.1. The molecule has 0 fully saturated rings. The van der Waals surface area contributed by atoms with Crippen molar-refractivity contribution in [2.75, 3.05) is 0 Å². The van der Waals surface area contributed by atoms with E-state index in [9.17, 15) is 5.11 Å². The summed E-state index contributed by atoms with van der Waals surface area (Å²) in [5.41, 5.74) is 1.000. The predicted molar refractivity (Wildman–Crippen MR) is 71.5 cm³/mol. The zero-order valence-corrected chi connectivity index (χ0v) is 11.1. The van der Waals surface area contributed by atoms with E-state index in [0.717, 1.165) is 23.5 Å². The van der Waals surface area contributed by atoms with E-state index >= 15 is 0 Å². The van der Waals surface area contributed by atoms with Gasteiger partial charge in [0.1, 0.15) is 0 Å². The third-order valence-electron chi connectivity index (χ3n) is 2.98. The number of aromatic nitrogens is 2. The molecule has 2 heterocycles. The SMILES string of the molecule is CCCCCCC(O)Cc1cn2ccsc2n1. The van der Waals surface area contributed by atoms with E-state index in [-0.39, 0.29) is 6.10 Å². The summed E-state index contributed by atoms with van der Waals surface area (Å²) >= 11 is 1.63. The highest BCUT2D eigenvalue weighted by molar-refractivity contribution is 7.15. The number of imidazole rings is 1. The molecule has 1 atom stereocenters. The van der Waals surface area contributed by atoms with Gasteiger partial charge in [-0.2, -0.15) is 0 Å². The van der Waals surface area contributed by atoms with Gasteiger partial charge in [0.15, 0.2) is 4.96 Å². The standard InChI is InChI=1S/C13H20N2OS/c1-2-3-4-5-6-12(16)9-11-10-15-7-8-17-13(15)14-11/h7-8,10,12,16H,2-6,9H2,1H3. The number of hydrogen-bond acceptors (Lipinski definition) is 3. The summed E-state index contributed by atoms with van der Waals surface area (Å²) < 4.78 is 2.02. The molecule has 0 aliphatic rings. The molecule has 17 heavy (non-hydrogen) atoms. The van der Waals surface area contributed by atoms with Gasteiger partial charge >= 0.3 is 0 Å². The Labute approximate surface area is 106 Å². The quantitative estimate of drug-likeness (QED) is 0.768. The molecule has 0 bridgehead atoms. The third kappa shape index (κ3) is 3.54. The number of aliphatic hydroxyl groups excluding tert-OH is 1. The molecule has 2 aromatic rings. The van der Waals surface area contributed by atoms with Crippen LogP contribution in [0.15, 0.2) is 17.8 Å². The second-order valence-electron chi connectivity index (χ2n) is 4.53. The van der Waals surface area contributed by atoms with E-state index < -0.39 is 0 Å². The second kappa shape index (κ2) is 6.17. The largest absolute Gasteiger partial charge is 0.393 e. The first-order chi connectivity index (χ1) is 8.29. The van der Waals surface area contributed by atoms with Crippen molar-refractivity contribution in [1.82, 2.24) is 9.38 Å². The molecule has 0 saturated heterocycles. The van der Waals surface area contributed by atoms with Gasteiger partial charge in [-0.1, -0.05) is 32.6 Å². The second-order valence-corrected chi connectivity index (χ2v) is 5.41. The summed E-state index contributed by atoms with van der Waals surface area (Å²) in [6.45, 7) is 2.20. The average Bonchev–Trinajstić information content (AvgIpc) is 2.84. The highest BCUT2D eigenvalue weighted by Gasteiger charge is 2.09. The summed E-state index contributed by atoms with van der Waals surface area (Å²) in [4.78, 5) is 5.49. The minimum atomic E-state index is -0.239. The third-order valence-corrected chi connectivity index (χ3v) is 3.75. The van der Waals surface area contributed by atoms with Gasteiger partial charge in [0, 0.05) is 24.2 Å². The zero-order chi connectivity index (χ0) is 12.1. The topological polar surface area (TPSA) is 37.5 Å². The molecular formula is C13H20N2OS. The van der Waals surface area contributed by atoms with E-state index in [1.165, 1.54) is 19.3 Å². The van der Waals surface area contributed by atoms with Crippen LogP contribution in [0.2, 0.25) is 0 Å². The maximum atomic E-state index is 9.92. The van der Waals surface area contributed by atoms with Crippen molar-refractivity contribution in [3.8, 4) is 0 Å². The summed E-state index contributed by atoms with van der Waals surface area (Å²) in [5, 5.41) is 11.9. The highest BCUT2D eigenvalue weighted by Crippen LogP contribution is 2.14. The fraction of sp³-hybridized carbons (Fsp3) is 0.615. The van der Waals surface area contributed by atoms with Crippen molar-refractivity contribution in [1.29, 1.82) is 0 Å². The number of nitrogens with zero attached hydrogens (tertiary/aromatic N) is 2. The average molecular weight is 252 g/mol. The number of thiazole rings is 1. The van der Waals surface area contributed by atoms with Crippen LogP contribution in [0, 0.1) is 0 Å². The van der Waals surface area contributed by atoms with Crippen LogP contribution in [0.5, 0.6) is 0 Å². The van der Waals surface area contributed by atoms with Crippen molar-refractivity contribution >= 4 is 16.3 Å². The van der Waals surface area contributed by atoms with E-state index in [1.54, 1.807) is 11.3 Å². The molecule has 0 aliphatic heterocycles. The van der Waals surface area contributed by atoms with Gasteiger partial charge in [-0.25, -0.2) is 4.98 Å². The Morgan fingerprint density at radius 2 is 2.29 bits per heavy atom. The lowest BCUT2D eigenvalue weighted by Crippen LogP contribution is -2.10. The first-order valence-corrected chi connectivity index (χ1v) is 7.26. The minimum absolute atomic E-state index is 0.239. The zero-order valence-electron chi connectivity index (χ0n) is 10.3. The fourth-order valence-corrected chi connectivity index (χ4v) is 2.74. The van der Waals surface area contributed by atoms with Gasteiger partial charge in [0.2, 0.25) is 0 Å². The Balaban J connectivity index is 1.78. The van der Waals surface area contributed by atoms with Crippen LogP contribution in [0.3, 0.4) is 0 Å². The summed E-state index contributed by atoms with van der Waals surface area (Å²) in [6.07, 6.45) is 10.2. The molecular weight excluding hydrogens is 232 g/mol. The smallest absolute Gasteiger partial charge is 0.193 e. The molecule has 4 heteroatoms. The number of rotatable bonds is 7. The maximum Gasteiger partial charge on any atom is 0.193 e. The molecule has 3 nitrogen and oxygen atoms in total. The van der Waals surface area contributed by atoms with Crippen LogP contribution in [0.1, 0.15) is 44.7 Å². The summed E-state index contributed by atoms with van der Waals surface area (Å²) in [7, 11) is 0. The van der Waals surface area contributed by atoms with E-state index in [0.29, 0.717) is 6.42 Å². The van der Waals surface area contributed by atoms with Crippen LogP contribution < -0.4 is 0 Å². The Hall–Kier alpha value is -0.870. The van der Waals surface area contributed by atoms with Crippen molar-refractivity contribution in [3.05, 3.63) is 23.5 Å². The van der Waals surface area contributed by atoms with Crippen LogP contribution in [-0.2, 0) is 6.42 Å². The lowest BCUT2D eigenvalue weighted by molar-refractivity contribution is 0.160. The first kappa shape index (κ1) is 12.6. The Morgan fingerprint density at radius 1 is 1.41 bits per heavy atom. The minimum Gasteiger partial charge on any atom is -0.393 e. The lowest BCUT2D eigenvalue weighted by Gasteiger charge is -2.07. The summed E-state index contributed by atoms with van der Waals surface area (Å²) in [6, 6.07) is 0. The monoisotopic (exact) mass is 252 g/mol. The molecule has 0 aliphatic carbocycles. The number of aliphatic hydroxyl groups is 1. The van der Waals surface area contributed by atoms with Crippen molar-refractivity contribution in [2.24, 2.45) is 0 Å². The predicted octanol–water partition coefficient (Wildman–Crippen LogP) is 3.27. The number of hydrogen-bond donors (Lipinski definition) is 1. The van der Waals surface area contributed by atoms with Crippen LogP contribution >= 0.6 is 11.3 Å².